The molecule has 1 amide bonds. The summed E-state index contributed by atoms with van der Waals surface area (Å²) in [5.41, 5.74) is 1.98. The summed E-state index contributed by atoms with van der Waals surface area (Å²) in [6.07, 6.45) is 2.35. The van der Waals surface area contributed by atoms with Crippen molar-refractivity contribution in [2.75, 3.05) is 25.5 Å². The number of rotatable bonds is 4. The first-order chi connectivity index (χ1) is 12.2. The van der Waals surface area contributed by atoms with Crippen LogP contribution in [0.25, 0.3) is 11.3 Å². The van der Waals surface area contributed by atoms with Crippen LogP contribution >= 0.6 is 0 Å². The third kappa shape index (κ3) is 3.04. The first-order valence-corrected chi connectivity index (χ1v) is 9.08. The van der Waals surface area contributed by atoms with Crippen LogP contribution in [-0.4, -0.2) is 43.0 Å². The Balaban J connectivity index is 1.49. The van der Waals surface area contributed by atoms with E-state index in [2.05, 4.69) is 22.5 Å². The highest BCUT2D eigenvalue weighted by Gasteiger charge is 2.40. The molecule has 2 aromatic rings. The molecule has 3 saturated heterocycles. The predicted octanol–water partition coefficient (Wildman–Crippen LogP) is 3.20. The van der Waals surface area contributed by atoms with E-state index in [0.717, 1.165) is 24.3 Å². The van der Waals surface area contributed by atoms with Gasteiger partial charge in [-0.1, -0.05) is 12.1 Å². The Labute approximate surface area is 148 Å². The number of piperidine rings is 3. The molecule has 1 aromatic carbocycles. The van der Waals surface area contributed by atoms with Crippen LogP contribution in [0.1, 0.15) is 30.3 Å². The van der Waals surface area contributed by atoms with Gasteiger partial charge < -0.3 is 15.1 Å². The van der Waals surface area contributed by atoms with E-state index in [1.54, 1.807) is 6.07 Å². The normalized spacial score (nSPS) is 27.9. The molecule has 5 rings (SSSR count). The second-order valence-corrected chi connectivity index (χ2v) is 7.11. The van der Waals surface area contributed by atoms with E-state index in [1.165, 1.54) is 12.8 Å². The van der Waals surface area contributed by atoms with Gasteiger partial charge in [-0.25, -0.2) is 0 Å². The van der Waals surface area contributed by atoms with Gasteiger partial charge in [0.2, 0.25) is 0 Å². The highest BCUT2D eigenvalue weighted by Crippen LogP contribution is 2.32. The van der Waals surface area contributed by atoms with Crippen molar-refractivity contribution in [3.05, 3.63) is 42.2 Å². The molecule has 2 unspecified atom stereocenters. The molecule has 2 atom stereocenters. The van der Waals surface area contributed by atoms with Crippen LogP contribution in [0.4, 0.5) is 5.69 Å². The predicted molar refractivity (Wildman–Crippen MR) is 98.7 cm³/mol. The Morgan fingerprint density at radius 2 is 2.00 bits per heavy atom. The van der Waals surface area contributed by atoms with E-state index in [1.807, 2.05) is 37.4 Å². The summed E-state index contributed by atoms with van der Waals surface area (Å²) in [6, 6.07) is 12.2. The highest BCUT2D eigenvalue weighted by molar-refractivity contribution is 5.92. The molecule has 5 nitrogen and oxygen atoms in total. The Morgan fingerprint density at radius 1 is 1.20 bits per heavy atom. The van der Waals surface area contributed by atoms with Gasteiger partial charge >= 0.3 is 0 Å². The van der Waals surface area contributed by atoms with E-state index in [0.29, 0.717) is 23.5 Å². The summed E-state index contributed by atoms with van der Waals surface area (Å²) in [5, 5.41) is 6.33. The number of anilines is 1. The lowest BCUT2D eigenvalue weighted by Crippen LogP contribution is -2.62. The lowest BCUT2D eigenvalue weighted by atomic mass is 9.79. The number of hydrogen-bond acceptors (Lipinski definition) is 4. The van der Waals surface area contributed by atoms with Gasteiger partial charge in [0.25, 0.3) is 5.91 Å². The minimum atomic E-state index is -0.110. The van der Waals surface area contributed by atoms with Gasteiger partial charge in [0, 0.05) is 30.4 Å². The fourth-order valence-corrected chi connectivity index (χ4v) is 4.21. The van der Waals surface area contributed by atoms with Crippen molar-refractivity contribution in [2.45, 2.75) is 31.8 Å². The summed E-state index contributed by atoms with van der Waals surface area (Å²) in [7, 11) is 1.88. The average molecular weight is 339 g/mol. The zero-order valence-corrected chi connectivity index (χ0v) is 14.8. The molecule has 0 saturated carbocycles. The second kappa shape index (κ2) is 6.56. The number of nitrogens with zero attached hydrogens (tertiary/aromatic N) is 1. The Kier molecular flexibility index (Phi) is 4.25. The maximum Gasteiger partial charge on any atom is 0.287 e. The molecule has 132 valence electrons. The minimum Gasteiger partial charge on any atom is -0.451 e. The summed E-state index contributed by atoms with van der Waals surface area (Å²) in [4.78, 5) is 15.1. The summed E-state index contributed by atoms with van der Waals surface area (Å²) in [6.45, 7) is 4.53. The summed E-state index contributed by atoms with van der Waals surface area (Å²) in [5.74, 6) is 1.57. The number of amides is 1. The zero-order valence-electron chi connectivity index (χ0n) is 14.8. The minimum absolute atomic E-state index is 0.110. The van der Waals surface area contributed by atoms with Crippen molar-refractivity contribution in [2.24, 2.45) is 5.92 Å². The highest BCUT2D eigenvalue weighted by atomic mass is 16.3. The molecule has 0 radical (unpaired) electrons. The molecule has 4 heterocycles. The smallest absolute Gasteiger partial charge is 0.287 e. The first kappa shape index (κ1) is 16.2. The number of furan rings is 1. The topological polar surface area (TPSA) is 57.5 Å². The third-order valence-corrected chi connectivity index (χ3v) is 5.74. The quantitative estimate of drug-likeness (QED) is 0.898. The van der Waals surface area contributed by atoms with E-state index in [-0.39, 0.29) is 11.9 Å². The lowest BCUT2D eigenvalue weighted by Gasteiger charge is -2.49. The monoisotopic (exact) mass is 339 g/mol. The van der Waals surface area contributed by atoms with Gasteiger partial charge in [0.1, 0.15) is 5.76 Å². The van der Waals surface area contributed by atoms with Crippen LogP contribution in [0.2, 0.25) is 0 Å². The van der Waals surface area contributed by atoms with Gasteiger partial charge in [-0.05, 0) is 63.0 Å². The van der Waals surface area contributed by atoms with Crippen LogP contribution in [0, 0.1) is 5.92 Å². The molecule has 2 bridgehead atoms. The molecule has 3 fully saturated rings. The van der Waals surface area contributed by atoms with Gasteiger partial charge in [-0.3, -0.25) is 9.69 Å². The van der Waals surface area contributed by atoms with E-state index in [9.17, 15) is 4.79 Å². The largest absolute Gasteiger partial charge is 0.451 e. The second-order valence-electron chi connectivity index (χ2n) is 7.11. The van der Waals surface area contributed by atoms with Crippen molar-refractivity contribution in [1.82, 2.24) is 10.2 Å². The van der Waals surface area contributed by atoms with Crippen molar-refractivity contribution in [1.29, 1.82) is 0 Å². The van der Waals surface area contributed by atoms with Crippen LogP contribution < -0.4 is 10.6 Å². The van der Waals surface area contributed by atoms with Gasteiger partial charge in [0.05, 0.1) is 0 Å². The van der Waals surface area contributed by atoms with Crippen molar-refractivity contribution in [3.63, 3.8) is 0 Å². The van der Waals surface area contributed by atoms with Crippen LogP contribution in [0.3, 0.4) is 0 Å². The molecule has 0 spiro atoms. The number of benzene rings is 1. The van der Waals surface area contributed by atoms with Crippen molar-refractivity contribution >= 4 is 11.6 Å². The average Bonchev–Trinajstić information content (AvgIpc) is 3.15. The Hall–Kier alpha value is -2.27. The fraction of sp³-hybridized carbons (Fsp3) is 0.450. The number of carbonyl (C=O) groups is 1. The van der Waals surface area contributed by atoms with E-state index < -0.39 is 0 Å². The zero-order chi connectivity index (χ0) is 17.4. The molecular formula is C20H25N3O2. The molecule has 2 N–H and O–H groups in total. The summed E-state index contributed by atoms with van der Waals surface area (Å²) < 4.78 is 5.83. The van der Waals surface area contributed by atoms with Crippen LogP contribution in [0.5, 0.6) is 0 Å². The van der Waals surface area contributed by atoms with Gasteiger partial charge in [-0.15, -0.1) is 0 Å². The first-order valence-electron chi connectivity index (χ1n) is 9.08. The number of hydrogen-bond donors (Lipinski definition) is 2. The van der Waals surface area contributed by atoms with Gasteiger partial charge in [-0.2, -0.15) is 0 Å². The number of carbonyl (C=O) groups excluding carboxylic acids is 1. The van der Waals surface area contributed by atoms with E-state index >= 15 is 0 Å². The molecule has 3 aliphatic heterocycles. The fourth-order valence-electron chi connectivity index (χ4n) is 4.21. The standard InChI is InChI=1S/C20H25N3O2/c1-13-19(14-8-10-23(13)11-9-14)22-20(24)18-7-6-17(25-18)15-4-3-5-16(12-15)21-2/h3-7,12-14,19,21H,8-11H2,1-2H3,(H,22,24). The molecule has 5 heteroatoms. The molecule has 1 aromatic heterocycles. The van der Waals surface area contributed by atoms with Crippen molar-refractivity contribution < 1.29 is 9.21 Å². The summed E-state index contributed by atoms with van der Waals surface area (Å²) >= 11 is 0. The molecule has 25 heavy (non-hydrogen) atoms. The SMILES string of the molecule is CNc1cccc(-c2ccc(C(=O)NC3C4CCN(CC4)C3C)o2)c1. The molecular weight excluding hydrogens is 314 g/mol. The maximum absolute atomic E-state index is 12.7. The van der Waals surface area contributed by atoms with Gasteiger partial charge in [0.15, 0.2) is 5.76 Å². The lowest BCUT2D eigenvalue weighted by molar-refractivity contribution is 0.0211. The van der Waals surface area contributed by atoms with Crippen LogP contribution in [-0.2, 0) is 0 Å². The number of nitrogens with one attached hydrogen (secondary N) is 2. The Bertz CT molecular complexity index is 760. The number of fused-ring (bicyclic) bond motifs is 3. The third-order valence-electron chi connectivity index (χ3n) is 5.74. The van der Waals surface area contributed by atoms with Crippen LogP contribution in [0.15, 0.2) is 40.8 Å². The van der Waals surface area contributed by atoms with E-state index in [4.69, 9.17) is 4.42 Å². The maximum atomic E-state index is 12.7. The Morgan fingerprint density at radius 3 is 2.72 bits per heavy atom. The molecule has 3 aliphatic rings. The van der Waals surface area contributed by atoms with Crippen molar-refractivity contribution in [3.8, 4) is 11.3 Å². The molecule has 0 aliphatic carbocycles.